The van der Waals surface area contributed by atoms with Crippen LogP contribution in [0.3, 0.4) is 0 Å². The maximum atomic E-state index is 13.0. The van der Waals surface area contributed by atoms with Crippen LogP contribution in [0.2, 0.25) is 0 Å². The van der Waals surface area contributed by atoms with Crippen LogP contribution in [0.5, 0.6) is 0 Å². The Morgan fingerprint density at radius 1 is 0.977 bits per heavy atom. The molecule has 3 fully saturated rings. The van der Waals surface area contributed by atoms with Gasteiger partial charge in [0.2, 0.25) is 5.91 Å². The number of carbonyl (C=O) groups excluding carboxylic acids is 2. The molecule has 0 aromatic heterocycles. The molecule has 44 heavy (non-hydrogen) atoms. The molecule has 0 bridgehead atoms. The van der Waals surface area contributed by atoms with Gasteiger partial charge in [-0.05, 0) is 19.3 Å². The van der Waals surface area contributed by atoms with Crippen LogP contribution < -0.4 is 62.9 Å². The van der Waals surface area contributed by atoms with E-state index < -0.39 is 136 Å². The van der Waals surface area contributed by atoms with E-state index >= 15 is 0 Å². The quantitative estimate of drug-likeness (QED) is 0.0765. The van der Waals surface area contributed by atoms with Gasteiger partial charge in [0.15, 0.2) is 12.6 Å². The smallest absolute Gasteiger partial charge is 0.554 e. The first-order chi connectivity index (χ1) is 22.0. The number of aliphatic hydroxyl groups is 8. The second-order valence-electron chi connectivity index (χ2n) is 9.92. The molecule has 16 atom stereocenters. The van der Waals surface area contributed by atoms with Gasteiger partial charge in [0.05, 0.1) is 20.1 Å². The number of aliphatic hydroxyl groups excluding tert-OH is 7. The molecular formula is C23H44N5NaO15. The van der Waals surface area contributed by atoms with Crippen LogP contribution in [0.1, 0.15) is 19.6 Å². The van der Waals surface area contributed by atoms with Crippen molar-refractivity contribution in [3.8, 4) is 0 Å². The van der Waals surface area contributed by atoms with Crippen molar-refractivity contribution in [1.29, 1.82) is 0 Å². The zero-order valence-corrected chi connectivity index (χ0v) is 25.6. The Labute approximate surface area is 281 Å². The van der Waals surface area contributed by atoms with E-state index in [1.54, 1.807) is 0 Å². The minimum atomic E-state index is -3.86. The van der Waals surface area contributed by atoms with Crippen molar-refractivity contribution in [3.05, 3.63) is 0 Å². The number of hydrogen-bond donors (Lipinski definition) is 13. The third kappa shape index (κ3) is 9.90. The van der Waals surface area contributed by atoms with E-state index in [0.717, 1.165) is 0 Å². The molecule has 21 heteroatoms. The normalized spacial score (nSPS) is 46.1. The van der Waals surface area contributed by atoms with Crippen molar-refractivity contribution in [2.24, 2.45) is 22.9 Å². The van der Waals surface area contributed by atoms with E-state index in [1.807, 2.05) is 0 Å². The van der Waals surface area contributed by atoms with Crippen LogP contribution in [0.4, 0.5) is 0 Å². The fraction of sp³-hybridized carbons (Fsp3) is 0.913. The van der Waals surface area contributed by atoms with Crippen molar-refractivity contribution in [2.45, 2.75) is 111 Å². The molecule has 0 radical (unpaired) electrons. The largest absolute Gasteiger partial charge is 1.00 e. The first-order valence-electron chi connectivity index (χ1n) is 15.4. The zero-order valence-electron chi connectivity index (χ0n) is 28.6. The first-order valence-corrected chi connectivity index (χ1v) is 12.9. The molecule has 2 saturated heterocycles. The molecule has 0 aromatic carbocycles. The van der Waals surface area contributed by atoms with Crippen LogP contribution in [0.15, 0.2) is 0 Å². The van der Waals surface area contributed by atoms with Crippen LogP contribution in [0.25, 0.3) is 0 Å². The summed E-state index contributed by atoms with van der Waals surface area (Å²) in [6.07, 6.45) is -28.2. The molecule has 2 heterocycles. The maximum absolute atomic E-state index is 13.0. The van der Waals surface area contributed by atoms with Gasteiger partial charge in [-0.2, -0.15) is 0 Å². The Morgan fingerprint density at radius 2 is 1.52 bits per heavy atom. The standard InChI is InChI=1S/C22H43N5O13.CH2O2.Na/c23-2-1-8(29)20(36)27-7-3-6(25)18(39-22-16(34)15(33)13(31)9(4-24)37-22)17(35)19(7)40-21-14(32)11(26)12(30)10(5-28)38-21;2-1-3;/h6-19,21-22,28-35H,1-5,23-26H2,(H,27,36);1H,(H,2,3);/q;;+1/p-1/t6-,7+,8?,9+,10+,11-,12+,13+,14+,15-,16+,17-,18+,19-,21+,22+;;/m0../s1/i1D2,2D2,8D;;. The molecule has 1 aliphatic carbocycles. The number of carbonyl (C=O) groups is 2. The summed E-state index contributed by atoms with van der Waals surface area (Å²) in [6, 6.07) is -4.34. The molecule has 1 amide bonds. The van der Waals surface area contributed by atoms with E-state index in [-0.39, 0.29) is 36.1 Å². The molecule has 17 N–H and O–H groups in total. The fourth-order valence-corrected chi connectivity index (χ4v) is 4.86. The van der Waals surface area contributed by atoms with E-state index in [9.17, 15) is 45.6 Å². The molecule has 1 unspecified atom stereocenters. The van der Waals surface area contributed by atoms with Gasteiger partial charge in [0.1, 0.15) is 67.1 Å². The number of nitrogens with one attached hydrogen (secondary N) is 1. The summed E-state index contributed by atoms with van der Waals surface area (Å²) < 4.78 is 60.6. The number of amides is 1. The maximum Gasteiger partial charge on any atom is 1.00 e. The fourth-order valence-electron chi connectivity index (χ4n) is 4.86. The van der Waals surface area contributed by atoms with E-state index in [2.05, 4.69) is 5.32 Å². The Bertz CT molecular complexity index is 1070. The van der Waals surface area contributed by atoms with E-state index in [0.29, 0.717) is 0 Å². The van der Waals surface area contributed by atoms with Crippen LogP contribution in [0, 0.1) is 0 Å². The summed E-state index contributed by atoms with van der Waals surface area (Å²) in [7, 11) is 0. The topological polar surface area (TPSA) is 372 Å². The number of hydrogen-bond acceptors (Lipinski definition) is 19. The average molecular weight is 659 g/mol. The summed E-state index contributed by atoms with van der Waals surface area (Å²) in [4.78, 5) is 21.3. The number of rotatable bonds is 10. The van der Waals surface area contributed by atoms with E-state index in [1.165, 1.54) is 0 Å². The summed E-state index contributed by atoms with van der Waals surface area (Å²) in [5.74, 6) is -1.83. The minimum Gasteiger partial charge on any atom is -0.554 e. The zero-order chi connectivity index (χ0) is 37.1. The Hall–Kier alpha value is -0.700. The molecule has 2 aliphatic heterocycles. The summed E-state index contributed by atoms with van der Waals surface area (Å²) >= 11 is 0. The number of ether oxygens (including phenoxy) is 4. The predicted octanol–water partition coefficient (Wildman–Crippen LogP) is -13.1. The van der Waals surface area contributed by atoms with Gasteiger partial charge < -0.3 is 98.0 Å². The third-order valence-electron chi connectivity index (χ3n) is 7.16. The summed E-state index contributed by atoms with van der Waals surface area (Å²) in [5.41, 5.74) is 22.7. The predicted molar refractivity (Wildman–Crippen MR) is 137 cm³/mol. The van der Waals surface area contributed by atoms with Crippen LogP contribution in [-0.2, 0) is 28.5 Å². The monoisotopic (exact) mass is 658 g/mol. The molecule has 3 rings (SSSR count). The molecule has 0 aromatic rings. The summed E-state index contributed by atoms with van der Waals surface area (Å²) in [6.45, 7) is -5.00. The van der Waals surface area contributed by atoms with Crippen LogP contribution >= 0.6 is 0 Å². The van der Waals surface area contributed by atoms with Gasteiger partial charge >= 0.3 is 29.6 Å². The minimum absolute atomic E-state index is 0. The Kier molecular flexibility index (Phi) is 14.5. The number of nitrogens with two attached hydrogens (primary N) is 4. The SMILES string of the molecule is O=C[O-].[2H]C([2H])(N)C([2H])([2H])C([2H])(O)C(=O)N[C@@H]1C[C@H](N)[C@@H](O[C@H]2O[C@H](CN)[C@@H](O)[C@H](O)[C@H]2O)[C@H](O)[C@H]1O[C@H]1O[C@H](CO)[C@@H](O)[C@H](N)[C@H]1O.[Na+]. The molecule has 1 saturated carbocycles. The van der Waals surface area contributed by atoms with Gasteiger partial charge in [-0.3, -0.25) is 4.79 Å². The number of carboxylic acid groups (broad SMARTS) is 1. The van der Waals surface area contributed by atoms with Crippen molar-refractivity contribution >= 4 is 12.4 Å². The molecule has 252 valence electrons. The molecule has 20 nitrogen and oxygen atoms in total. The first kappa shape index (κ1) is 33.2. The van der Waals surface area contributed by atoms with Crippen molar-refractivity contribution in [3.63, 3.8) is 0 Å². The van der Waals surface area contributed by atoms with Crippen LogP contribution in [-0.4, -0.2) is 171 Å². The van der Waals surface area contributed by atoms with Gasteiger partial charge in [-0.15, -0.1) is 0 Å². The van der Waals surface area contributed by atoms with E-state index in [4.69, 9.17) is 58.6 Å². The van der Waals surface area contributed by atoms with Crippen molar-refractivity contribution < 1.29 is 111 Å². The Morgan fingerprint density at radius 3 is 2.07 bits per heavy atom. The molecule has 0 spiro atoms. The summed E-state index contributed by atoms with van der Waals surface area (Å²) in [5, 5.41) is 93.3. The second kappa shape index (κ2) is 19.2. The van der Waals surface area contributed by atoms with Gasteiger partial charge in [0.25, 0.3) is 0 Å². The Balaban J connectivity index is 0.00000289. The second-order valence-corrected chi connectivity index (χ2v) is 9.92. The molecular weight excluding hydrogens is 609 g/mol. The average Bonchev–Trinajstić information content (AvgIpc) is 3.00. The third-order valence-corrected chi connectivity index (χ3v) is 7.16. The van der Waals surface area contributed by atoms with Gasteiger partial charge in [-0.25, -0.2) is 0 Å². The van der Waals surface area contributed by atoms with Gasteiger partial charge in [0, 0.05) is 24.5 Å². The van der Waals surface area contributed by atoms with Crippen molar-refractivity contribution in [2.75, 3.05) is 19.6 Å². The molecule has 3 aliphatic rings. The van der Waals surface area contributed by atoms with Crippen molar-refractivity contribution in [1.82, 2.24) is 5.32 Å². The van der Waals surface area contributed by atoms with Gasteiger partial charge in [-0.1, -0.05) is 0 Å².